The monoisotopic (exact) mass is 564 g/mol. The summed E-state index contributed by atoms with van der Waals surface area (Å²) in [7, 11) is 0. The first kappa shape index (κ1) is 26.4. The lowest BCUT2D eigenvalue weighted by molar-refractivity contribution is -0.136. The SMILES string of the molecule is O=C1CCC(N2Cc3cc(C4CCN(Cc5ccc6c(c5)C(=O)N(c5cccc(O)c5)C6)CC4)ccc3C2=O)C(=O)N1. The normalized spacial score (nSPS) is 21.1. The zero-order chi connectivity index (χ0) is 29.0. The maximum Gasteiger partial charge on any atom is 0.258 e. The number of hydrogen-bond acceptors (Lipinski definition) is 6. The Hall–Kier alpha value is -4.50. The molecule has 4 amide bonds. The quantitative estimate of drug-likeness (QED) is 0.458. The number of benzene rings is 3. The highest BCUT2D eigenvalue weighted by molar-refractivity contribution is 6.10. The number of rotatable bonds is 5. The zero-order valence-electron chi connectivity index (χ0n) is 23.2. The second-order valence-electron chi connectivity index (χ2n) is 11.8. The number of phenolic OH excluding ortho intramolecular Hbond substituents is 1. The van der Waals surface area contributed by atoms with Crippen LogP contribution in [0.15, 0.2) is 60.7 Å². The lowest BCUT2D eigenvalue weighted by Gasteiger charge is -2.32. The van der Waals surface area contributed by atoms with Crippen LogP contribution in [0.4, 0.5) is 5.69 Å². The van der Waals surface area contributed by atoms with E-state index in [-0.39, 0.29) is 35.8 Å². The van der Waals surface area contributed by atoms with Crippen molar-refractivity contribution in [2.45, 2.75) is 57.3 Å². The Labute approximate surface area is 243 Å². The highest BCUT2D eigenvalue weighted by Gasteiger charge is 2.39. The molecule has 0 aliphatic carbocycles. The fraction of sp³-hybridized carbons (Fsp3) is 0.333. The van der Waals surface area contributed by atoms with Crippen LogP contribution >= 0.6 is 0 Å². The molecular formula is C33H32N4O5. The largest absolute Gasteiger partial charge is 0.508 e. The van der Waals surface area contributed by atoms with Crippen LogP contribution in [0, 0.1) is 0 Å². The third kappa shape index (κ3) is 4.73. The number of aromatic hydroxyl groups is 1. The van der Waals surface area contributed by atoms with E-state index in [1.54, 1.807) is 28.0 Å². The number of hydrogen-bond donors (Lipinski definition) is 2. The Morgan fingerprint density at radius 1 is 0.810 bits per heavy atom. The number of phenols is 1. The van der Waals surface area contributed by atoms with Crippen LogP contribution < -0.4 is 10.2 Å². The van der Waals surface area contributed by atoms with Crippen molar-refractivity contribution in [2.24, 2.45) is 0 Å². The number of carbonyl (C=O) groups excluding carboxylic acids is 4. The van der Waals surface area contributed by atoms with Crippen molar-refractivity contribution in [3.8, 4) is 5.75 Å². The summed E-state index contributed by atoms with van der Waals surface area (Å²) in [4.78, 5) is 55.8. The van der Waals surface area contributed by atoms with Gasteiger partial charge >= 0.3 is 0 Å². The molecule has 0 spiro atoms. The Morgan fingerprint density at radius 3 is 2.43 bits per heavy atom. The molecular weight excluding hydrogens is 532 g/mol. The molecule has 2 fully saturated rings. The minimum absolute atomic E-state index is 0.0394. The molecule has 0 aromatic heterocycles. The first-order chi connectivity index (χ1) is 20.3. The molecule has 1 unspecified atom stereocenters. The van der Waals surface area contributed by atoms with Gasteiger partial charge in [0.2, 0.25) is 11.8 Å². The van der Waals surface area contributed by atoms with Crippen LogP contribution in [0.2, 0.25) is 0 Å². The number of imide groups is 1. The summed E-state index contributed by atoms with van der Waals surface area (Å²) in [6.07, 6.45) is 2.61. The minimum atomic E-state index is -0.599. The molecule has 7 rings (SSSR count). The molecule has 4 aliphatic rings. The van der Waals surface area contributed by atoms with Gasteiger partial charge in [-0.15, -0.1) is 0 Å². The van der Waals surface area contributed by atoms with E-state index in [0.29, 0.717) is 36.7 Å². The van der Waals surface area contributed by atoms with Crippen molar-refractivity contribution in [2.75, 3.05) is 18.0 Å². The Bertz CT molecular complexity index is 1630. The summed E-state index contributed by atoms with van der Waals surface area (Å²) in [5.41, 5.74) is 6.35. The van der Waals surface area contributed by atoms with E-state index in [4.69, 9.17) is 0 Å². The first-order valence-electron chi connectivity index (χ1n) is 14.6. The van der Waals surface area contributed by atoms with Crippen molar-refractivity contribution in [3.63, 3.8) is 0 Å². The number of likely N-dealkylation sites (tertiary alicyclic amines) is 1. The summed E-state index contributed by atoms with van der Waals surface area (Å²) in [5.74, 6) is -0.315. The van der Waals surface area contributed by atoms with Gasteiger partial charge in [0.15, 0.2) is 0 Å². The lowest BCUT2D eigenvalue weighted by Crippen LogP contribution is -2.52. The molecule has 1 atom stereocenters. The van der Waals surface area contributed by atoms with Crippen LogP contribution in [0.3, 0.4) is 0 Å². The Balaban J connectivity index is 0.974. The molecule has 2 N–H and O–H groups in total. The summed E-state index contributed by atoms with van der Waals surface area (Å²) in [5, 5.41) is 12.2. The number of amides is 4. The maximum atomic E-state index is 13.2. The van der Waals surface area contributed by atoms with Crippen LogP contribution in [-0.2, 0) is 29.2 Å². The molecule has 3 aromatic carbocycles. The molecule has 214 valence electrons. The summed E-state index contributed by atoms with van der Waals surface area (Å²) >= 11 is 0. The van der Waals surface area contributed by atoms with E-state index in [1.165, 1.54) is 5.56 Å². The van der Waals surface area contributed by atoms with E-state index in [1.807, 2.05) is 24.3 Å². The third-order valence-corrected chi connectivity index (χ3v) is 9.13. The van der Waals surface area contributed by atoms with Gasteiger partial charge in [0, 0.05) is 42.4 Å². The molecule has 4 aliphatic heterocycles. The van der Waals surface area contributed by atoms with Crippen molar-refractivity contribution >= 4 is 29.3 Å². The number of piperidine rings is 2. The van der Waals surface area contributed by atoms with Gasteiger partial charge in [0.05, 0.1) is 6.54 Å². The number of nitrogens with one attached hydrogen (secondary N) is 1. The fourth-order valence-corrected chi connectivity index (χ4v) is 6.85. The van der Waals surface area contributed by atoms with Crippen LogP contribution in [0.25, 0.3) is 0 Å². The van der Waals surface area contributed by atoms with E-state index >= 15 is 0 Å². The molecule has 9 nitrogen and oxygen atoms in total. The third-order valence-electron chi connectivity index (χ3n) is 9.13. The van der Waals surface area contributed by atoms with E-state index < -0.39 is 6.04 Å². The zero-order valence-corrected chi connectivity index (χ0v) is 23.2. The van der Waals surface area contributed by atoms with Gasteiger partial charge in [-0.05, 0) is 84.8 Å². The first-order valence-corrected chi connectivity index (χ1v) is 14.6. The van der Waals surface area contributed by atoms with Crippen LogP contribution in [-0.4, -0.2) is 57.7 Å². The number of nitrogens with zero attached hydrogens (tertiary/aromatic N) is 3. The van der Waals surface area contributed by atoms with E-state index in [0.717, 1.165) is 54.7 Å². The number of anilines is 1. The van der Waals surface area contributed by atoms with Gasteiger partial charge < -0.3 is 14.9 Å². The van der Waals surface area contributed by atoms with E-state index in [2.05, 4.69) is 28.4 Å². The number of carbonyl (C=O) groups is 4. The van der Waals surface area contributed by atoms with Gasteiger partial charge in [-0.2, -0.15) is 0 Å². The summed E-state index contributed by atoms with van der Waals surface area (Å²) in [6, 6.07) is 18.4. The van der Waals surface area contributed by atoms with Gasteiger partial charge in [-0.1, -0.05) is 30.3 Å². The van der Waals surface area contributed by atoms with Gasteiger partial charge in [-0.3, -0.25) is 29.4 Å². The average Bonchev–Trinajstić information content (AvgIpc) is 3.49. The van der Waals surface area contributed by atoms with E-state index in [9.17, 15) is 24.3 Å². The van der Waals surface area contributed by atoms with Gasteiger partial charge in [0.25, 0.3) is 11.8 Å². The second-order valence-corrected chi connectivity index (χ2v) is 11.8. The molecule has 9 heteroatoms. The average molecular weight is 565 g/mol. The summed E-state index contributed by atoms with van der Waals surface area (Å²) < 4.78 is 0. The van der Waals surface area contributed by atoms with Gasteiger partial charge in [-0.25, -0.2) is 0 Å². The van der Waals surface area contributed by atoms with Crippen LogP contribution in [0.5, 0.6) is 5.75 Å². The standard InChI is InChI=1S/C33H32N4O5/c38-26-3-1-2-25(16-26)36-18-23-5-4-20(14-28(23)33(36)42)17-35-12-10-21(11-13-35)22-6-7-27-24(15-22)19-37(32(27)41)29-8-9-30(39)34-31(29)40/h1-7,14-16,21,29,38H,8-13,17-19H2,(H,34,39,40). The molecule has 3 aromatic rings. The predicted molar refractivity (Wildman–Crippen MR) is 155 cm³/mol. The van der Waals surface area contributed by atoms with Crippen molar-refractivity contribution in [1.82, 2.24) is 15.1 Å². The smallest absolute Gasteiger partial charge is 0.258 e. The maximum absolute atomic E-state index is 13.2. The molecule has 0 bridgehead atoms. The Morgan fingerprint density at radius 2 is 1.64 bits per heavy atom. The minimum Gasteiger partial charge on any atom is -0.508 e. The van der Waals surface area contributed by atoms with Crippen molar-refractivity contribution < 1.29 is 24.3 Å². The Kier molecular flexibility index (Phi) is 6.54. The summed E-state index contributed by atoms with van der Waals surface area (Å²) in [6.45, 7) is 3.54. The molecule has 2 saturated heterocycles. The lowest BCUT2D eigenvalue weighted by atomic mass is 9.87. The van der Waals surface area contributed by atoms with Gasteiger partial charge in [0.1, 0.15) is 11.8 Å². The highest BCUT2D eigenvalue weighted by atomic mass is 16.3. The van der Waals surface area contributed by atoms with Crippen LogP contribution in [0.1, 0.15) is 74.6 Å². The number of fused-ring (bicyclic) bond motifs is 2. The topological polar surface area (TPSA) is 110 Å². The molecule has 0 radical (unpaired) electrons. The van der Waals surface area contributed by atoms with Crippen molar-refractivity contribution in [1.29, 1.82) is 0 Å². The van der Waals surface area contributed by atoms with Crippen molar-refractivity contribution in [3.05, 3.63) is 94.0 Å². The highest BCUT2D eigenvalue weighted by Crippen LogP contribution is 2.35. The fourth-order valence-electron chi connectivity index (χ4n) is 6.85. The predicted octanol–water partition coefficient (Wildman–Crippen LogP) is 3.69. The molecule has 42 heavy (non-hydrogen) atoms. The molecule has 4 heterocycles. The molecule has 0 saturated carbocycles. The second kappa shape index (κ2) is 10.4.